The average Bonchev–Trinajstić information content (AvgIpc) is 3.31. The lowest BCUT2D eigenvalue weighted by molar-refractivity contribution is 0.104. The van der Waals surface area contributed by atoms with Gasteiger partial charge in [-0.15, -0.1) is 0 Å². The van der Waals surface area contributed by atoms with Crippen LogP contribution in [-0.4, -0.2) is 25.2 Å². The fourth-order valence-corrected chi connectivity index (χ4v) is 4.07. The molecule has 0 bridgehead atoms. The van der Waals surface area contributed by atoms with Gasteiger partial charge in [0.15, 0.2) is 5.78 Å². The zero-order valence-electron chi connectivity index (χ0n) is 20.3. The first-order valence-electron chi connectivity index (χ1n) is 11.6. The Hall–Kier alpha value is -4.70. The van der Waals surface area contributed by atoms with E-state index < -0.39 is 17.2 Å². The summed E-state index contributed by atoms with van der Waals surface area (Å²) in [6, 6.07) is 21.1. The number of para-hydroxylation sites is 1. The van der Waals surface area contributed by atoms with Crippen LogP contribution in [0.25, 0.3) is 23.0 Å². The summed E-state index contributed by atoms with van der Waals surface area (Å²) in [7, 11) is 0. The molecule has 1 N–H and O–H groups in total. The van der Waals surface area contributed by atoms with E-state index in [0.29, 0.717) is 11.3 Å². The lowest BCUT2D eigenvalue weighted by atomic mass is 10.00. The Morgan fingerprint density at radius 2 is 1.75 bits per heavy atom. The summed E-state index contributed by atoms with van der Waals surface area (Å²) in [5.74, 6) is -0.910. The third kappa shape index (κ3) is 4.75. The predicted octanol–water partition coefficient (Wildman–Crippen LogP) is 5.14. The Morgan fingerprint density at radius 3 is 2.36 bits per heavy atom. The molecule has 2 aromatic heterocycles. The average molecular weight is 479 g/mol. The van der Waals surface area contributed by atoms with Gasteiger partial charge < -0.3 is 5.11 Å². The van der Waals surface area contributed by atoms with Gasteiger partial charge in [-0.25, -0.2) is 4.68 Å². The summed E-state index contributed by atoms with van der Waals surface area (Å²) in [6.07, 6.45) is 4.81. The van der Waals surface area contributed by atoms with Crippen molar-refractivity contribution in [2.24, 2.45) is 5.92 Å². The molecule has 0 radical (unpaired) electrons. The quantitative estimate of drug-likeness (QED) is 0.293. The van der Waals surface area contributed by atoms with Crippen LogP contribution in [0.3, 0.4) is 0 Å². The maximum absolute atomic E-state index is 13.3. The van der Waals surface area contributed by atoms with E-state index in [-0.39, 0.29) is 29.2 Å². The first kappa shape index (κ1) is 24.4. The van der Waals surface area contributed by atoms with E-state index in [4.69, 9.17) is 5.10 Å². The molecule has 0 aliphatic heterocycles. The number of hydrogen-bond acceptors (Lipinski definition) is 5. The normalized spacial score (nSPS) is 11.2. The predicted molar refractivity (Wildman–Crippen MR) is 139 cm³/mol. The molecule has 0 aliphatic carbocycles. The molecule has 7 heteroatoms. The lowest BCUT2D eigenvalue weighted by Crippen LogP contribution is -2.28. The molecule has 4 aromatic rings. The molecule has 2 aromatic carbocycles. The molecular formula is C29H26N4O3. The Balaban J connectivity index is 1.80. The smallest absolute Gasteiger partial charge is 0.271 e. The van der Waals surface area contributed by atoms with E-state index in [9.17, 15) is 20.0 Å². The molecule has 180 valence electrons. The summed E-state index contributed by atoms with van der Waals surface area (Å²) in [5, 5.41) is 25.1. The van der Waals surface area contributed by atoms with Gasteiger partial charge >= 0.3 is 0 Å². The minimum atomic E-state index is -0.600. The molecule has 0 amide bonds. The highest BCUT2D eigenvalue weighted by Gasteiger charge is 2.23. The standard InChI is InChI=1S/C29H26N4O3/c1-19(2)17-32-28(35)24(16-30)20(3)26(29(32)36)25(34)15-14-22-18-33(23-12-8-5-9-13-23)31-27(22)21-10-6-4-7-11-21/h4-15,18-19,36H,17H2,1-3H3/b15-14+. The van der Waals surface area contributed by atoms with Crippen LogP contribution >= 0.6 is 0 Å². The van der Waals surface area contributed by atoms with Gasteiger partial charge in [-0.3, -0.25) is 14.2 Å². The second-order valence-electron chi connectivity index (χ2n) is 8.90. The molecule has 0 aliphatic rings. The second kappa shape index (κ2) is 10.3. The molecule has 0 saturated carbocycles. The van der Waals surface area contributed by atoms with Crippen LogP contribution < -0.4 is 5.56 Å². The van der Waals surface area contributed by atoms with Crippen molar-refractivity contribution in [3.8, 4) is 28.9 Å². The van der Waals surface area contributed by atoms with Gasteiger partial charge in [0.05, 0.1) is 16.9 Å². The third-order valence-electron chi connectivity index (χ3n) is 5.82. The van der Waals surface area contributed by atoms with Gasteiger partial charge in [-0.05, 0) is 42.7 Å². The number of ketones is 1. The fourth-order valence-electron chi connectivity index (χ4n) is 4.07. The number of pyridine rings is 1. The van der Waals surface area contributed by atoms with E-state index in [1.165, 1.54) is 13.0 Å². The highest BCUT2D eigenvalue weighted by Crippen LogP contribution is 2.27. The summed E-state index contributed by atoms with van der Waals surface area (Å²) < 4.78 is 2.84. The molecule has 0 saturated heterocycles. The summed E-state index contributed by atoms with van der Waals surface area (Å²) >= 11 is 0. The highest BCUT2D eigenvalue weighted by molar-refractivity contribution is 6.09. The Kier molecular flexibility index (Phi) is 6.98. The van der Waals surface area contributed by atoms with Crippen molar-refractivity contribution in [1.29, 1.82) is 5.26 Å². The first-order valence-corrected chi connectivity index (χ1v) is 11.6. The number of benzene rings is 2. The van der Waals surface area contributed by atoms with Crippen LogP contribution in [0.5, 0.6) is 5.88 Å². The Morgan fingerprint density at radius 1 is 1.11 bits per heavy atom. The number of nitriles is 1. The van der Waals surface area contributed by atoms with Gasteiger partial charge in [0.25, 0.3) is 5.56 Å². The van der Waals surface area contributed by atoms with Crippen LogP contribution in [0.4, 0.5) is 0 Å². The second-order valence-corrected chi connectivity index (χ2v) is 8.90. The van der Waals surface area contributed by atoms with Crippen LogP contribution in [0.1, 0.15) is 40.9 Å². The fraction of sp³-hybridized carbons (Fsp3) is 0.172. The van der Waals surface area contributed by atoms with Crippen LogP contribution in [-0.2, 0) is 6.54 Å². The maximum atomic E-state index is 13.3. The third-order valence-corrected chi connectivity index (χ3v) is 5.82. The largest absolute Gasteiger partial charge is 0.494 e. The molecule has 0 spiro atoms. The van der Waals surface area contributed by atoms with E-state index >= 15 is 0 Å². The van der Waals surface area contributed by atoms with E-state index in [1.54, 1.807) is 10.8 Å². The minimum absolute atomic E-state index is 0.0265. The minimum Gasteiger partial charge on any atom is -0.494 e. The lowest BCUT2D eigenvalue weighted by Gasteiger charge is -2.16. The monoisotopic (exact) mass is 478 g/mol. The van der Waals surface area contributed by atoms with E-state index in [2.05, 4.69) is 0 Å². The van der Waals surface area contributed by atoms with Gasteiger partial charge in [0.2, 0.25) is 5.88 Å². The topological polar surface area (TPSA) is 101 Å². The molecule has 36 heavy (non-hydrogen) atoms. The maximum Gasteiger partial charge on any atom is 0.271 e. The van der Waals surface area contributed by atoms with Gasteiger partial charge in [0.1, 0.15) is 11.6 Å². The summed E-state index contributed by atoms with van der Waals surface area (Å²) in [5.41, 5.74) is 2.50. The molecule has 2 heterocycles. The number of carbonyl (C=O) groups excluding carboxylic acids is 1. The molecule has 0 atom stereocenters. The van der Waals surface area contributed by atoms with Gasteiger partial charge in [0, 0.05) is 23.9 Å². The van der Waals surface area contributed by atoms with Crippen LogP contribution in [0.15, 0.2) is 77.7 Å². The van der Waals surface area contributed by atoms with Crippen molar-refractivity contribution in [2.45, 2.75) is 27.3 Å². The van der Waals surface area contributed by atoms with Crippen molar-refractivity contribution in [3.05, 3.63) is 106 Å². The number of hydrogen-bond donors (Lipinski definition) is 1. The number of aromatic hydroxyl groups is 1. The van der Waals surface area contributed by atoms with Crippen molar-refractivity contribution in [1.82, 2.24) is 14.3 Å². The molecule has 0 fully saturated rings. The molecule has 7 nitrogen and oxygen atoms in total. The Bertz CT molecular complexity index is 1540. The first-order chi connectivity index (χ1) is 17.3. The number of carbonyl (C=O) groups is 1. The van der Waals surface area contributed by atoms with Crippen LogP contribution in [0.2, 0.25) is 0 Å². The number of allylic oxidation sites excluding steroid dienone is 1. The van der Waals surface area contributed by atoms with Crippen molar-refractivity contribution in [3.63, 3.8) is 0 Å². The number of nitrogens with zero attached hydrogens (tertiary/aromatic N) is 4. The SMILES string of the molecule is Cc1c(C(=O)/C=C/c2cn(-c3ccccc3)nc2-c2ccccc2)c(O)n(CC(C)C)c(=O)c1C#N. The number of aromatic nitrogens is 3. The zero-order chi connectivity index (χ0) is 25.8. The van der Waals surface area contributed by atoms with Gasteiger partial charge in [-0.1, -0.05) is 62.4 Å². The van der Waals surface area contributed by atoms with Crippen LogP contribution in [0, 0.1) is 24.2 Å². The summed E-state index contributed by atoms with van der Waals surface area (Å²) in [4.78, 5) is 26.0. The van der Waals surface area contributed by atoms with Crippen molar-refractivity contribution in [2.75, 3.05) is 0 Å². The zero-order valence-corrected chi connectivity index (χ0v) is 20.3. The molecular weight excluding hydrogens is 452 g/mol. The van der Waals surface area contributed by atoms with Crippen molar-refractivity contribution >= 4 is 11.9 Å². The summed E-state index contributed by atoms with van der Waals surface area (Å²) in [6.45, 7) is 5.46. The van der Waals surface area contributed by atoms with E-state index in [0.717, 1.165) is 15.8 Å². The van der Waals surface area contributed by atoms with Crippen molar-refractivity contribution < 1.29 is 9.90 Å². The highest BCUT2D eigenvalue weighted by atomic mass is 16.3. The molecule has 4 rings (SSSR count). The Labute approximate surface area is 209 Å². The van der Waals surface area contributed by atoms with Gasteiger partial charge in [-0.2, -0.15) is 10.4 Å². The number of rotatable bonds is 7. The molecule has 0 unspecified atom stereocenters. The van der Waals surface area contributed by atoms with E-state index in [1.807, 2.05) is 86.8 Å².